The van der Waals surface area contributed by atoms with E-state index in [1.54, 1.807) is 22.3 Å². The van der Waals surface area contributed by atoms with Crippen LogP contribution in [0.1, 0.15) is 27.5 Å². The Morgan fingerprint density at radius 2 is 1.96 bits per heavy atom. The SMILES string of the molecule is Cc1ccsc1C=CC(=O)N(Cc1c(C)noc1C)c1ccccc1. The molecule has 5 heteroatoms. The standard InChI is InChI=1S/C20H20N2O2S/c1-14-11-12-25-19(14)9-10-20(23)22(17-7-5-4-6-8-17)13-18-15(2)21-24-16(18)3/h4-12H,13H2,1-3H3. The van der Waals surface area contributed by atoms with Crippen LogP contribution >= 0.6 is 11.3 Å². The van der Waals surface area contributed by atoms with E-state index in [1.165, 1.54) is 5.56 Å². The molecule has 0 saturated heterocycles. The summed E-state index contributed by atoms with van der Waals surface area (Å²) in [5.74, 6) is 0.670. The number of hydrogen-bond donors (Lipinski definition) is 0. The Kier molecular flexibility index (Phi) is 5.14. The topological polar surface area (TPSA) is 46.3 Å². The molecular weight excluding hydrogens is 332 g/mol. The first-order chi connectivity index (χ1) is 12.1. The van der Waals surface area contributed by atoms with Crippen LogP contribution in [0.5, 0.6) is 0 Å². The second-order valence-electron chi connectivity index (χ2n) is 5.86. The van der Waals surface area contributed by atoms with Crippen molar-refractivity contribution in [1.82, 2.24) is 5.16 Å². The van der Waals surface area contributed by atoms with E-state index in [2.05, 4.69) is 5.16 Å². The monoisotopic (exact) mass is 352 g/mol. The number of hydrogen-bond acceptors (Lipinski definition) is 4. The summed E-state index contributed by atoms with van der Waals surface area (Å²) in [6, 6.07) is 11.7. The number of aryl methyl sites for hydroxylation is 3. The number of aromatic nitrogens is 1. The zero-order valence-corrected chi connectivity index (χ0v) is 15.3. The first kappa shape index (κ1) is 17.2. The fraction of sp³-hybridized carbons (Fsp3) is 0.200. The van der Waals surface area contributed by atoms with E-state index < -0.39 is 0 Å². The molecule has 0 saturated carbocycles. The van der Waals surface area contributed by atoms with Crippen LogP contribution < -0.4 is 4.90 Å². The van der Waals surface area contributed by atoms with Gasteiger partial charge in [0.25, 0.3) is 5.91 Å². The smallest absolute Gasteiger partial charge is 0.251 e. The summed E-state index contributed by atoms with van der Waals surface area (Å²) in [5.41, 5.74) is 3.77. The largest absolute Gasteiger partial charge is 0.361 e. The van der Waals surface area contributed by atoms with Crippen molar-refractivity contribution in [3.8, 4) is 0 Å². The number of benzene rings is 1. The van der Waals surface area contributed by atoms with E-state index >= 15 is 0 Å². The van der Waals surface area contributed by atoms with Gasteiger partial charge < -0.3 is 9.42 Å². The zero-order chi connectivity index (χ0) is 17.8. The second-order valence-corrected chi connectivity index (χ2v) is 6.81. The molecule has 4 nitrogen and oxygen atoms in total. The number of anilines is 1. The van der Waals surface area contributed by atoms with Crippen molar-refractivity contribution >= 4 is 29.0 Å². The Bertz CT molecular complexity index is 874. The van der Waals surface area contributed by atoms with Crippen LogP contribution in [0.4, 0.5) is 5.69 Å². The highest BCUT2D eigenvalue weighted by Gasteiger charge is 2.18. The van der Waals surface area contributed by atoms with Crippen LogP contribution in [0.2, 0.25) is 0 Å². The van der Waals surface area contributed by atoms with E-state index in [9.17, 15) is 4.79 Å². The normalized spacial score (nSPS) is 11.2. The molecule has 128 valence electrons. The van der Waals surface area contributed by atoms with Gasteiger partial charge in [-0.05, 0) is 56.0 Å². The van der Waals surface area contributed by atoms with Gasteiger partial charge in [0.05, 0.1) is 12.2 Å². The maximum atomic E-state index is 12.9. The molecule has 0 atom stereocenters. The third-order valence-corrected chi connectivity index (χ3v) is 5.09. The number of amides is 1. The molecule has 0 N–H and O–H groups in total. The number of para-hydroxylation sites is 1. The Morgan fingerprint density at radius 1 is 1.20 bits per heavy atom. The van der Waals surface area contributed by atoms with Gasteiger partial charge in [-0.25, -0.2) is 0 Å². The Morgan fingerprint density at radius 3 is 2.56 bits per heavy atom. The lowest BCUT2D eigenvalue weighted by molar-refractivity contribution is -0.114. The number of carbonyl (C=O) groups excluding carboxylic acids is 1. The molecule has 0 aliphatic heterocycles. The maximum Gasteiger partial charge on any atom is 0.251 e. The molecule has 0 aliphatic rings. The number of carbonyl (C=O) groups is 1. The lowest BCUT2D eigenvalue weighted by atomic mass is 10.1. The van der Waals surface area contributed by atoms with Crippen molar-refractivity contribution in [2.45, 2.75) is 27.3 Å². The number of nitrogens with zero attached hydrogens (tertiary/aromatic N) is 2. The number of thiophene rings is 1. The highest BCUT2D eigenvalue weighted by atomic mass is 32.1. The minimum Gasteiger partial charge on any atom is -0.361 e. The average Bonchev–Trinajstić information content (AvgIpc) is 3.17. The Balaban J connectivity index is 1.90. The van der Waals surface area contributed by atoms with Crippen LogP contribution in [-0.4, -0.2) is 11.1 Å². The van der Waals surface area contributed by atoms with Gasteiger partial charge in [0.2, 0.25) is 0 Å². The quantitative estimate of drug-likeness (QED) is 0.613. The molecule has 2 heterocycles. The van der Waals surface area contributed by atoms with Crippen molar-refractivity contribution in [2.75, 3.05) is 4.90 Å². The predicted octanol–water partition coefficient (Wildman–Crippen LogP) is 4.91. The molecular formula is C20H20N2O2S. The van der Waals surface area contributed by atoms with Crippen LogP contribution in [0.3, 0.4) is 0 Å². The molecule has 0 aliphatic carbocycles. The van der Waals surface area contributed by atoms with Crippen molar-refractivity contribution in [1.29, 1.82) is 0 Å². The Hall–Kier alpha value is -2.66. The van der Waals surface area contributed by atoms with Gasteiger partial charge in [0.15, 0.2) is 0 Å². The fourth-order valence-corrected chi connectivity index (χ4v) is 3.40. The molecule has 3 aromatic rings. The third-order valence-electron chi connectivity index (χ3n) is 4.11. The first-order valence-corrected chi connectivity index (χ1v) is 8.94. The first-order valence-electron chi connectivity index (χ1n) is 8.06. The molecule has 0 bridgehead atoms. The molecule has 0 unspecified atom stereocenters. The van der Waals surface area contributed by atoms with Gasteiger partial charge >= 0.3 is 0 Å². The fourth-order valence-electron chi connectivity index (χ4n) is 2.58. The van der Waals surface area contributed by atoms with Gasteiger partial charge in [-0.1, -0.05) is 23.4 Å². The molecule has 0 fully saturated rings. The summed E-state index contributed by atoms with van der Waals surface area (Å²) < 4.78 is 5.24. The van der Waals surface area contributed by atoms with Crippen LogP contribution in [0.25, 0.3) is 6.08 Å². The minimum atomic E-state index is -0.0704. The molecule has 25 heavy (non-hydrogen) atoms. The van der Waals surface area contributed by atoms with Crippen molar-refractivity contribution in [2.24, 2.45) is 0 Å². The average molecular weight is 352 g/mol. The number of rotatable bonds is 5. The zero-order valence-electron chi connectivity index (χ0n) is 14.5. The van der Waals surface area contributed by atoms with E-state index in [4.69, 9.17) is 4.52 Å². The molecule has 3 rings (SSSR count). The minimum absolute atomic E-state index is 0.0704. The summed E-state index contributed by atoms with van der Waals surface area (Å²) in [6.07, 6.45) is 3.51. The van der Waals surface area contributed by atoms with Crippen molar-refractivity contribution < 1.29 is 9.32 Å². The van der Waals surface area contributed by atoms with Gasteiger partial charge in [-0.2, -0.15) is 0 Å². The van der Waals surface area contributed by atoms with Crippen LogP contribution in [-0.2, 0) is 11.3 Å². The summed E-state index contributed by atoms with van der Waals surface area (Å²) in [4.78, 5) is 15.7. The van der Waals surface area contributed by atoms with Gasteiger partial charge in [-0.15, -0.1) is 11.3 Å². The summed E-state index contributed by atoms with van der Waals surface area (Å²) in [6.45, 7) is 6.23. The summed E-state index contributed by atoms with van der Waals surface area (Å²) >= 11 is 1.63. The lowest BCUT2D eigenvalue weighted by Crippen LogP contribution is -2.29. The summed E-state index contributed by atoms with van der Waals surface area (Å²) in [5, 5.41) is 6.02. The molecule has 2 aromatic heterocycles. The molecule has 1 amide bonds. The Labute approximate surface area is 151 Å². The lowest BCUT2D eigenvalue weighted by Gasteiger charge is -2.21. The molecule has 0 spiro atoms. The van der Waals surface area contributed by atoms with E-state index in [-0.39, 0.29) is 5.91 Å². The maximum absolute atomic E-state index is 12.9. The van der Waals surface area contributed by atoms with E-state index in [0.29, 0.717) is 6.54 Å². The highest BCUT2D eigenvalue weighted by Crippen LogP contribution is 2.22. The van der Waals surface area contributed by atoms with E-state index in [1.807, 2.05) is 68.6 Å². The second kappa shape index (κ2) is 7.49. The van der Waals surface area contributed by atoms with Gasteiger partial charge in [0.1, 0.15) is 5.76 Å². The third kappa shape index (κ3) is 3.88. The van der Waals surface area contributed by atoms with E-state index in [0.717, 1.165) is 27.6 Å². The van der Waals surface area contributed by atoms with Crippen molar-refractivity contribution in [3.63, 3.8) is 0 Å². The predicted molar refractivity (Wildman–Crippen MR) is 102 cm³/mol. The molecule has 1 aromatic carbocycles. The van der Waals surface area contributed by atoms with Crippen molar-refractivity contribution in [3.05, 3.63) is 75.3 Å². The van der Waals surface area contributed by atoms with Gasteiger partial charge in [-0.3, -0.25) is 4.79 Å². The van der Waals surface area contributed by atoms with Crippen LogP contribution in [0.15, 0.2) is 52.4 Å². The summed E-state index contributed by atoms with van der Waals surface area (Å²) in [7, 11) is 0. The molecule has 0 radical (unpaired) electrons. The van der Waals surface area contributed by atoms with Gasteiger partial charge in [0, 0.05) is 22.2 Å². The highest BCUT2D eigenvalue weighted by molar-refractivity contribution is 7.11. The van der Waals surface area contributed by atoms with Crippen LogP contribution in [0, 0.1) is 20.8 Å².